The van der Waals surface area contributed by atoms with Crippen LogP contribution in [0.1, 0.15) is 30.7 Å². The molecule has 17 heavy (non-hydrogen) atoms. The molecule has 2 aliphatic rings. The van der Waals surface area contributed by atoms with Crippen molar-refractivity contribution in [1.82, 2.24) is 0 Å². The van der Waals surface area contributed by atoms with Gasteiger partial charge < -0.3 is 4.74 Å². The van der Waals surface area contributed by atoms with Crippen molar-refractivity contribution < 1.29 is 4.74 Å². The third-order valence-electron chi connectivity index (χ3n) is 4.01. The van der Waals surface area contributed by atoms with Crippen molar-refractivity contribution in [3.8, 4) is 5.75 Å². The van der Waals surface area contributed by atoms with Crippen LogP contribution in [0.25, 0.3) is 0 Å². The van der Waals surface area contributed by atoms with Crippen LogP contribution in [0.2, 0.25) is 0 Å². The fraction of sp³-hybridized carbons (Fsp3) is 0.375. The van der Waals surface area contributed by atoms with E-state index >= 15 is 0 Å². The van der Waals surface area contributed by atoms with E-state index in [0.29, 0.717) is 5.92 Å². The molecule has 3 rings (SSSR count). The van der Waals surface area contributed by atoms with Gasteiger partial charge in [-0.25, -0.2) is 0 Å². The SMILES string of the molecule is COc1cccc(C2CC3=CC=CCC3C2)c1. The molecule has 0 amide bonds. The summed E-state index contributed by atoms with van der Waals surface area (Å²) in [6.45, 7) is 0. The van der Waals surface area contributed by atoms with E-state index in [1.165, 1.54) is 24.8 Å². The lowest BCUT2D eigenvalue weighted by molar-refractivity contribution is 0.413. The number of ether oxygens (including phenoxy) is 1. The molecule has 1 aromatic carbocycles. The van der Waals surface area contributed by atoms with E-state index in [1.807, 2.05) is 6.07 Å². The first-order valence-corrected chi connectivity index (χ1v) is 6.36. The van der Waals surface area contributed by atoms with Gasteiger partial charge in [-0.2, -0.15) is 0 Å². The lowest BCUT2D eigenvalue weighted by Crippen LogP contribution is -1.98. The quantitative estimate of drug-likeness (QED) is 0.738. The van der Waals surface area contributed by atoms with E-state index < -0.39 is 0 Å². The van der Waals surface area contributed by atoms with Gasteiger partial charge in [-0.3, -0.25) is 0 Å². The predicted octanol–water partition coefficient (Wildman–Crippen LogP) is 4.08. The monoisotopic (exact) mass is 226 g/mol. The zero-order valence-electron chi connectivity index (χ0n) is 10.2. The fourth-order valence-electron chi connectivity index (χ4n) is 3.06. The standard InChI is InChI=1S/C16H18O/c1-17-16-8-4-7-14(11-16)15-9-12-5-2-3-6-13(12)10-15/h2-5,7-8,11,13,15H,6,9-10H2,1H3. The Balaban J connectivity index is 1.82. The van der Waals surface area contributed by atoms with Gasteiger partial charge in [0.05, 0.1) is 7.11 Å². The number of fused-ring (bicyclic) bond motifs is 1. The summed E-state index contributed by atoms with van der Waals surface area (Å²) in [4.78, 5) is 0. The first-order valence-electron chi connectivity index (χ1n) is 6.36. The molecule has 1 heteroatoms. The third-order valence-corrected chi connectivity index (χ3v) is 4.01. The smallest absolute Gasteiger partial charge is 0.119 e. The highest BCUT2D eigenvalue weighted by molar-refractivity contribution is 5.35. The Morgan fingerprint density at radius 2 is 2.18 bits per heavy atom. The molecule has 0 N–H and O–H groups in total. The summed E-state index contributed by atoms with van der Waals surface area (Å²) in [6.07, 6.45) is 10.6. The molecule has 1 fully saturated rings. The highest BCUT2D eigenvalue weighted by Crippen LogP contribution is 2.45. The molecule has 0 heterocycles. The lowest BCUT2D eigenvalue weighted by atomic mass is 9.93. The number of rotatable bonds is 2. The van der Waals surface area contributed by atoms with Crippen LogP contribution >= 0.6 is 0 Å². The fourth-order valence-corrected chi connectivity index (χ4v) is 3.06. The van der Waals surface area contributed by atoms with Gasteiger partial charge >= 0.3 is 0 Å². The first-order chi connectivity index (χ1) is 8.36. The number of allylic oxidation sites excluding steroid dienone is 4. The summed E-state index contributed by atoms with van der Waals surface area (Å²) in [5, 5.41) is 0. The second-order valence-electron chi connectivity index (χ2n) is 5.02. The summed E-state index contributed by atoms with van der Waals surface area (Å²) in [6, 6.07) is 8.55. The molecule has 0 aromatic heterocycles. The Morgan fingerprint density at radius 1 is 1.24 bits per heavy atom. The summed E-state index contributed by atoms with van der Waals surface area (Å²) in [5.74, 6) is 2.45. The second kappa shape index (κ2) is 4.40. The van der Waals surface area contributed by atoms with Gasteiger partial charge in [-0.1, -0.05) is 35.9 Å². The van der Waals surface area contributed by atoms with Crippen LogP contribution in [-0.2, 0) is 0 Å². The molecule has 2 atom stereocenters. The van der Waals surface area contributed by atoms with E-state index in [4.69, 9.17) is 4.74 Å². The van der Waals surface area contributed by atoms with Crippen molar-refractivity contribution >= 4 is 0 Å². The molecule has 0 radical (unpaired) electrons. The molecule has 1 saturated carbocycles. The van der Waals surface area contributed by atoms with Crippen LogP contribution in [0.4, 0.5) is 0 Å². The Hall–Kier alpha value is -1.50. The van der Waals surface area contributed by atoms with Crippen LogP contribution in [0.3, 0.4) is 0 Å². The topological polar surface area (TPSA) is 9.23 Å². The first kappa shape index (κ1) is 10.6. The van der Waals surface area contributed by atoms with Gasteiger partial charge in [0.25, 0.3) is 0 Å². The third kappa shape index (κ3) is 2.02. The van der Waals surface area contributed by atoms with Gasteiger partial charge in [0.1, 0.15) is 5.75 Å². The van der Waals surface area contributed by atoms with E-state index in [-0.39, 0.29) is 0 Å². The molecule has 88 valence electrons. The minimum atomic E-state index is 0.682. The van der Waals surface area contributed by atoms with Crippen molar-refractivity contribution in [3.05, 3.63) is 53.6 Å². The van der Waals surface area contributed by atoms with Gasteiger partial charge in [-0.05, 0) is 48.8 Å². The summed E-state index contributed by atoms with van der Waals surface area (Å²) in [7, 11) is 1.74. The molecular formula is C16H18O. The summed E-state index contributed by atoms with van der Waals surface area (Å²) < 4.78 is 5.31. The van der Waals surface area contributed by atoms with E-state index in [2.05, 4.69) is 36.4 Å². The number of hydrogen-bond acceptors (Lipinski definition) is 1. The van der Waals surface area contributed by atoms with Crippen molar-refractivity contribution in [2.24, 2.45) is 5.92 Å². The Bertz CT molecular complexity index is 470. The second-order valence-corrected chi connectivity index (χ2v) is 5.02. The van der Waals surface area contributed by atoms with Gasteiger partial charge in [0.2, 0.25) is 0 Å². The van der Waals surface area contributed by atoms with Crippen LogP contribution in [-0.4, -0.2) is 7.11 Å². The van der Waals surface area contributed by atoms with E-state index in [9.17, 15) is 0 Å². The molecule has 0 aliphatic heterocycles. The van der Waals surface area contributed by atoms with Crippen molar-refractivity contribution in [3.63, 3.8) is 0 Å². The number of methoxy groups -OCH3 is 1. The van der Waals surface area contributed by atoms with Crippen LogP contribution in [0.5, 0.6) is 5.75 Å². The molecular weight excluding hydrogens is 208 g/mol. The summed E-state index contributed by atoms with van der Waals surface area (Å²) >= 11 is 0. The van der Waals surface area contributed by atoms with E-state index in [1.54, 1.807) is 12.7 Å². The molecule has 0 saturated heterocycles. The van der Waals surface area contributed by atoms with Gasteiger partial charge in [-0.15, -0.1) is 0 Å². The largest absolute Gasteiger partial charge is 0.497 e. The number of hydrogen-bond donors (Lipinski definition) is 0. The Kier molecular flexibility index (Phi) is 2.76. The van der Waals surface area contributed by atoms with E-state index in [0.717, 1.165) is 11.7 Å². The minimum absolute atomic E-state index is 0.682. The lowest BCUT2D eigenvalue weighted by Gasteiger charge is -2.12. The molecule has 2 aliphatic carbocycles. The zero-order chi connectivity index (χ0) is 11.7. The van der Waals surface area contributed by atoms with Crippen molar-refractivity contribution in [2.75, 3.05) is 7.11 Å². The van der Waals surface area contributed by atoms with Crippen LogP contribution in [0, 0.1) is 5.92 Å². The highest BCUT2D eigenvalue weighted by Gasteiger charge is 2.30. The molecule has 0 bridgehead atoms. The normalized spacial score (nSPS) is 26.5. The predicted molar refractivity (Wildman–Crippen MR) is 70.3 cm³/mol. The highest BCUT2D eigenvalue weighted by atomic mass is 16.5. The Morgan fingerprint density at radius 3 is 3.00 bits per heavy atom. The average molecular weight is 226 g/mol. The molecule has 1 nitrogen and oxygen atoms in total. The number of benzene rings is 1. The maximum Gasteiger partial charge on any atom is 0.119 e. The van der Waals surface area contributed by atoms with Crippen molar-refractivity contribution in [1.29, 1.82) is 0 Å². The van der Waals surface area contributed by atoms with Gasteiger partial charge in [0, 0.05) is 0 Å². The molecule has 2 unspecified atom stereocenters. The van der Waals surface area contributed by atoms with Crippen LogP contribution < -0.4 is 4.74 Å². The average Bonchev–Trinajstić information content (AvgIpc) is 2.82. The zero-order valence-corrected chi connectivity index (χ0v) is 10.2. The Labute approximate surface area is 103 Å². The summed E-state index contributed by atoms with van der Waals surface area (Å²) in [5.41, 5.74) is 3.07. The maximum atomic E-state index is 5.31. The van der Waals surface area contributed by atoms with Crippen molar-refractivity contribution in [2.45, 2.75) is 25.2 Å². The minimum Gasteiger partial charge on any atom is -0.497 e. The molecule has 0 spiro atoms. The maximum absolute atomic E-state index is 5.31. The van der Waals surface area contributed by atoms with Gasteiger partial charge in [0.15, 0.2) is 0 Å². The molecule has 1 aromatic rings. The van der Waals surface area contributed by atoms with Crippen LogP contribution in [0.15, 0.2) is 48.1 Å².